The first kappa shape index (κ1) is 10.1. The molecule has 0 radical (unpaired) electrons. The number of nitrogens with one attached hydrogen (secondary N) is 1. The number of alkyl halides is 2. The van der Waals surface area contributed by atoms with Gasteiger partial charge in [0.2, 0.25) is 0 Å². The van der Waals surface area contributed by atoms with Crippen LogP contribution in [0, 0.1) is 11.8 Å². The number of allylic oxidation sites excluding steroid dienone is 1. The molecule has 2 atom stereocenters. The van der Waals surface area contributed by atoms with Crippen molar-refractivity contribution >= 4 is 0 Å². The van der Waals surface area contributed by atoms with Crippen molar-refractivity contribution in [1.82, 2.24) is 5.32 Å². The molecule has 1 heterocycles. The Hall–Kier alpha value is -0.440. The highest BCUT2D eigenvalue weighted by Crippen LogP contribution is 2.51. The van der Waals surface area contributed by atoms with E-state index < -0.39 is 5.92 Å². The first-order chi connectivity index (χ1) is 6.59. The van der Waals surface area contributed by atoms with Crippen LogP contribution in [0.25, 0.3) is 0 Å². The predicted octanol–water partition coefficient (Wildman–Crippen LogP) is 2.59. The maximum absolute atomic E-state index is 12.6. The Morgan fingerprint density at radius 2 is 2.29 bits per heavy atom. The van der Waals surface area contributed by atoms with Gasteiger partial charge in [0.05, 0.1) is 0 Å². The second-order valence-corrected chi connectivity index (χ2v) is 4.54. The first-order valence-electron chi connectivity index (χ1n) is 5.35. The number of rotatable bonds is 3. The zero-order valence-electron chi connectivity index (χ0n) is 8.52. The minimum atomic E-state index is -2.36. The molecule has 0 spiro atoms. The fourth-order valence-corrected chi connectivity index (χ4v) is 2.06. The summed E-state index contributed by atoms with van der Waals surface area (Å²) in [6.45, 7) is 4.15. The third-order valence-corrected chi connectivity index (χ3v) is 3.38. The Morgan fingerprint density at radius 3 is 2.79 bits per heavy atom. The van der Waals surface area contributed by atoms with Gasteiger partial charge in [0, 0.05) is 18.9 Å². The fourth-order valence-electron chi connectivity index (χ4n) is 2.06. The monoisotopic (exact) mass is 201 g/mol. The van der Waals surface area contributed by atoms with Gasteiger partial charge in [0.1, 0.15) is 0 Å². The molecule has 0 aromatic heterocycles. The molecule has 0 aromatic rings. The lowest BCUT2D eigenvalue weighted by atomic mass is 9.98. The summed E-state index contributed by atoms with van der Waals surface area (Å²) in [5.41, 5.74) is 1.29. The maximum atomic E-state index is 12.6. The lowest BCUT2D eigenvalue weighted by molar-refractivity contribution is 0.0994. The van der Waals surface area contributed by atoms with Crippen LogP contribution in [0.1, 0.15) is 26.2 Å². The normalized spacial score (nSPS) is 36.1. The number of halogens is 2. The van der Waals surface area contributed by atoms with Gasteiger partial charge in [-0.25, -0.2) is 8.78 Å². The molecular weight excluding hydrogens is 184 g/mol. The Balaban J connectivity index is 1.79. The van der Waals surface area contributed by atoms with Crippen molar-refractivity contribution in [3.63, 3.8) is 0 Å². The smallest absolute Gasteiger partial charge is 0.251 e. The zero-order valence-corrected chi connectivity index (χ0v) is 8.52. The summed E-state index contributed by atoms with van der Waals surface area (Å²) in [5.74, 6) is -2.14. The molecule has 3 heteroatoms. The highest BCUT2D eigenvalue weighted by molar-refractivity contribution is 5.09. The molecule has 1 saturated heterocycles. The lowest BCUT2D eigenvalue weighted by Crippen LogP contribution is -2.09. The van der Waals surface area contributed by atoms with Gasteiger partial charge in [0.15, 0.2) is 0 Å². The summed E-state index contributed by atoms with van der Waals surface area (Å²) in [5, 5.41) is 3.28. The molecule has 0 aromatic carbocycles. The number of hydrogen-bond donors (Lipinski definition) is 1. The van der Waals surface area contributed by atoms with E-state index in [-0.39, 0.29) is 12.3 Å². The minimum Gasteiger partial charge on any atom is -0.316 e. The van der Waals surface area contributed by atoms with Gasteiger partial charge < -0.3 is 5.32 Å². The molecule has 1 saturated carbocycles. The average Bonchev–Trinajstić information content (AvgIpc) is 2.58. The van der Waals surface area contributed by atoms with Gasteiger partial charge in [0.25, 0.3) is 5.92 Å². The van der Waals surface area contributed by atoms with E-state index in [1.165, 1.54) is 5.57 Å². The van der Waals surface area contributed by atoms with Crippen molar-refractivity contribution in [3.05, 3.63) is 11.6 Å². The van der Waals surface area contributed by atoms with Crippen molar-refractivity contribution in [2.45, 2.75) is 32.1 Å². The third kappa shape index (κ3) is 2.14. The minimum absolute atomic E-state index is 0.0969. The van der Waals surface area contributed by atoms with E-state index in [1.54, 1.807) is 0 Å². The Morgan fingerprint density at radius 1 is 1.57 bits per heavy atom. The molecule has 1 aliphatic carbocycles. The van der Waals surface area contributed by atoms with E-state index in [1.807, 2.05) is 6.08 Å². The largest absolute Gasteiger partial charge is 0.316 e. The second-order valence-electron chi connectivity index (χ2n) is 4.54. The van der Waals surface area contributed by atoms with Crippen LogP contribution in [0.4, 0.5) is 8.78 Å². The molecule has 14 heavy (non-hydrogen) atoms. The van der Waals surface area contributed by atoms with E-state index >= 15 is 0 Å². The molecule has 2 unspecified atom stereocenters. The molecule has 2 rings (SSSR count). The molecule has 1 aliphatic heterocycles. The van der Waals surface area contributed by atoms with Crippen molar-refractivity contribution in [2.24, 2.45) is 11.8 Å². The summed E-state index contributed by atoms with van der Waals surface area (Å²) >= 11 is 0. The summed E-state index contributed by atoms with van der Waals surface area (Å²) in [6.07, 6.45) is 3.83. The Kier molecular flexibility index (Phi) is 2.60. The quantitative estimate of drug-likeness (QED) is 0.692. The highest BCUT2D eigenvalue weighted by Gasteiger charge is 2.55. The molecule has 0 bridgehead atoms. The molecule has 2 aliphatic rings. The van der Waals surface area contributed by atoms with E-state index in [0.717, 1.165) is 19.5 Å². The average molecular weight is 201 g/mol. The van der Waals surface area contributed by atoms with Gasteiger partial charge in [-0.2, -0.15) is 0 Å². The van der Waals surface area contributed by atoms with E-state index in [0.29, 0.717) is 12.3 Å². The summed E-state index contributed by atoms with van der Waals surface area (Å²) in [6, 6.07) is 0. The second kappa shape index (κ2) is 3.61. The number of hydrogen-bond acceptors (Lipinski definition) is 1. The van der Waals surface area contributed by atoms with E-state index in [9.17, 15) is 8.78 Å². The SMILES string of the molecule is C/C(=C\CC1CC1(F)F)C1CCNC1. The van der Waals surface area contributed by atoms with Gasteiger partial charge in [-0.3, -0.25) is 0 Å². The molecular formula is C11H17F2N. The fraction of sp³-hybridized carbons (Fsp3) is 0.818. The summed E-state index contributed by atoms with van der Waals surface area (Å²) in [7, 11) is 0. The Labute approximate surface area is 83.6 Å². The molecule has 0 amide bonds. The molecule has 80 valence electrons. The van der Waals surface area contributed by atoms with Crippen molar-refractivity contribution < 1.29 is 8.78 Å². The van der Waals surface area contributed by atoms with E-state index in [4.69, 9.17) is 0 Å². The van der Waals surface area contributed by atoms with Crippen LogP contribution in [-0.2, 0) is 0 Å². The van der Waals surface area contributed by atoms with Crippen LogP contribution in [0.15, 0.2) is 11.6 Å². The Bertz CT molecular complexity index is 242. The zero-order chi connectivity index (χ0) is 10.2. The summed E-state index contributed by atoms with van der Waals surface area (Å²) < 4.78 is 25.2. The predicted molar refractivity (Wildman–Crippen MR) is 52.4 cm³/mol. The van der Waals surface area contributed by atoms with Gasteiger partial charge >= 0.3 is 0 Å². The van der Waals surface area contributed by atoms with Gasteiger partial charge in [-0.15, -0.1) is 0 Å². The third-order valence-electron chi connectivity index (χ3n) is 3.38. The highest BCUT2D eigenvalue weighted by atomic mass is 19.3. The van der Waals surface area contributed by atoms with Gasteiger partial charge in [-0.1, -0.05) is 11.6 Å². The molecule has 1 N–H and O–H groups in total. The topological polar surface area (TPSA) is 12.0 Å². The molecule has 1 nitrogen and oxygen atoms in total. The van der Waals surface area contributed by atoms with Gasteiger partial charge in [-0.05, 0) is 32.2 Å². The van der Waals surface area contributed by atoms with Crippen LogP contribution in [0.5, 0.6) is 0 Å². The van der Waals surface area contributed by atoms with Crippen LogP contribution in [-0.4, -0.2) is 19.0 Å². The van der Waals surface area contributed by atoms with Crippen LogP contribution in [0.2, 0.25) is 0 Å². The van der Waals surface area contributed by atoms with Crippen molar-refractivity contribution in [3.8, 4) is 0 Å². The standard InChI is InChI=1S/C11H17F2N/c1-8(9-4-5-14-7-9)2-3-10-6-11(10,12)13/h2,9-10,14H,3-7H2,1H3/b8-2+. The van der Waals surface area contributed by atoms with Crippen molar-refractivity contribution in [1.29, 1.82) is 0 Å². The lowest BCUT2D eigenvalue weighted by Gasteiger charge is -2.08. The summed E-state index contributed by atoms with van der Waals surface area (Å²) in [4.78, 5) is 0. The van der Waals surface area contributed by atoms with Crippen LogP contribution >= 0.6 is 0 Å². The van der Waals surface area contributed by atoms with Crippen LogP contribution in [0.3, 0.4) is 0 Å². The first-order valence-corrected chi connectivity index (χ1v) is 5.35. The van der Waals surface area contributed by atoms with Crippen LogP contribution < -0.4 is 5.32 Å². The van der Waals surface area contributed by atoms with E-state index in [2.05, 4.69) is 12.2 Å². The van der Waals surface area contributed by atoms with Crippen molar-refractivity contribution in [2.75, 3.05) is 13.1 Å². The molecule has 2 fully saturated rings. The maximum Gasteiger partial charge on any atom is 0.251 e.